The zero-order valence-corrected chi connectivity index (χ0v) is 10.8. The third-order valence-corrected chi connectivity index (χ3v) is 3.49. The van der Waals surface area contributed by atoms with Gasteiger partial charge in [-0.25, -0.2) is 0 Å². The molecular weight excluding hydrogens is 261 g/mol. The van der Waals surface area contributed by atoms with Crippen LogP contribution < -0.4 is 5.32 Å². The standard InChI is InChI=1S/C11H15BrClN/c1-3-8(4-2)14-9-5-6-11(13)10(12)7-9/h5-8,14H,3-4H2,1-2H3. The molecule has 0 amide bonds. The molecule has 0 atom stereocenters. The molecule has 3 heteroatoms. The predicted molar refractivity (Wildman–Crippen MR) is 67.1 cm³/mol. The first-order chi connectivity index (χ1) is 6.67. The fourth-order valence-corrected chi connectivity index (χ4v) is 1.81. The van der Waals surface area contributed by atoms with Crippen LogP contribution in [0.4, 0.5) is 5.69 Å². The third-order valence-electron chi connectivity index (χ3n) is 2.28. The fraction of sp³-hybridized carbons (Fsp3) is 0.455. The number of rotatable bonds is 4. The number of benzene rings is 1. The molecule has 0 saturated heterocycles. The zero-order chi connectivity index (χ0) is 10.6. The number of hydrogen-bond acceptors (Lipinski definition) is 1. The molecule has 0 heterocycles. The summed E-state index contributed by atoms with van der Waals surface area (Å²) in [7, 11) is 0. The van der Waals surface area contributed by atoms with Crippen molar-refractivity contribution in [2.45, 2.75) is 32.7 Å². The van der Waals surface area contributed by atoms with E-state index >= 15 is 0 Å². The van der Waals surface area contributed by atoms with E-state index in [2.05, 4.69) is 35.1 Å². The van der Waals surface area contributed by atoms with Gasteiger partial charge in [-0.1, -0.05) is 25.4 Å². The summed E-state index contributed by atoms with van der Waals surface area (Å²) in [4.78, 5) is 0. The maximum atomic E-state index is 5.91. The van der Waals surface area contributed by atoms with Crippen LogP contribution in [0, 0.1) is 0 Å². The van der Waals surface area contributed by atoms with Crippen LogP contribution >= 0.6 is 27.5 Å². The molecule has 1 aromatic carbocycles. The summed E-state index contributed by atoms with van der Waals surface area (Å²) in [6, 6.07) is 6.46. The Morgan fingerprint density at radius 3 is 2.50 bits per heavy atom. The molecule has 14 heavy (non-hydrogen) atoms. The van der Waals surface area contributed by atoms with Crippen molar-refractivity contribution in [3.05, 3.63) is 27.7 Å². The van der Waals surface area contributed by atoms with Gasteiger partial charge in [0.05, 0.1) is 5.02 Å². The molecule has 0 unspecified atom stereocenters. The van der Waals surface area contributed by atoms with Crippen LogP contribution in [0.3, 0.4) is 0 Å². The van der Waals surface area contributed by atoms with Gasteiger partial charge in [-0.3, -0.25) is 0 Å². The molecule has 0 radical (unpaired) electrons. The lowest BCUT2D eigenvalue weighted by Gasteiger charge is -2.16. The van der Waals surface area contributed by atoms with E-state index in [1.807, 2.05) is 18.2 Å². The minimum atomic E-state index is 0.545. The van der Waals surface area contributed by atoms with Crippen LogP contribution in [-0.4, -0.2) is 6.04 Å². The summed E-state index contributed by atoms with van der Waals surface area (Å²) in [5.41, 5.74) is 1.12. The fourth-order valence-electron chi connectivity index (χ4n) is 1.31. The van der Waals surface area contributed by atoms with Gasteiger partial charge in [0.1, 0.15) is 0 Å². The first-order valence-electron chi connectivity index (χ1n) is 4.89. The predicted octanol–water partition coefficient (Wildman–Crippen LogP) is 4.70. The average Bonchev–Trinajstić information content (AvgIpc) is 2.19. The van der Waals surface area contributed by atoms with Crippen LogP contribution in [0.2, 0.25) is 5.02 Å². The van der Waals surface area contributed by atoms with Gasteiger partial charge in [0.25, 0.3) is 0 Å². The summed E-state index contributed by atoms with van der Waals surface area (Å²) in [5.74, 6) is 0. The monoisotopic (exact) mass is 275 g/mol. The Morgan fingerprint density at radius 2 is 2.00 bits per heavy atom. The molecule has 1 aromatic rings. The second-order valence-corrected chi connectivity index (χ2v) is 4.55. The van der Waals surface area contributed by atoms with E-state index in [9.17, 15) is 0 Å². The van der Waals surface area contributed by atoms with Crippen LogP contribution in [0.15, 0.2) is 22.7 Å². The van der Waals surface area contributed by atoms with E-state index in [0.717, 1.165) is 28.0 Å². The molecule has 0 bridgehead atoms. The molecule has 1 rings (SSSR count). The van der Waals surface area contributed by atoms with Gasteiger partial charge in [-0.2, -0.15) is 0 Å². The normalized spacial score (nSPS) is 10.6. The van der Waals surface area contributed by atoms with Gasteiger partial charge < -0.3 is 5.32 Å². The SMILES string of the molecule is CCC(CC)Nc1ccc(Cl)c(Br)c1. The molecular formula is C11H15BrClN. The number of hydrogen-bond donors (Lipinski definition) is 1. The summed E-state index contributed by atoms with van der Waals surface area (Å²) >= 11 is 9.32. The Morgan fingerprint density at radius 1 is 1.36 bits per heavy atom. The first kappa shape index (κ1) is 11.9. The summed E-state index contributed by atoms with van der Waals surface area (Å²) < 4.78 is 0.940. The summed E-state index contributed by atoms with van der Waals surface area (Å²) in [5, 5.41) is 4.21. The van der Waals surface area contributed by atoms with E-state index in [1.54, 1.807) is 0 Å². The lowest BCUT2D eigenvalue weighted by atomic mass is 10.1. The maximum absolute atomic E-state index is 5.91. The lowest BCUT2D eigenvalue weighted by Crippen LogP contribution is -2.16. The molecule has 0 aliphatic carbocycles. The van der Waals surface area contributed by atoms with Gasteiger partial charge in [-0.05, 0) is 47.0 Å². The van der Waals surface area contributed by atoms with Crippen molar-refractivity contribution in [3.63, 3.8) is 0 Å². The van der Waals surface area contributed by atoms with E-state index < -0.39 is 0 Å². The van der Waals surface area contributed by atoms with Crippen LogP contribution in [0.5, 0.6) is 0 Å². The molecule has 0 aliphatic rings. The average molecular weight is 277 g/mol. The topological polar surface area (TPSA) is 12.0 Å². The Bertz CT molecular complexity index is 297. The molecule has 0 saturated carbocycles. The Hall–Kier alpha value is -0.210. The summed E-state index contributed by atoms with van der Waals surface area (Å²) in [6.45, 7) is 4.37. The van der Waals surface area contributed by atoms with Crippen molar-refractivity contribution in [1.29, 1.82) is 0 Å². The van der Waals surface area contributed by atoms with Crippen LogP contribution in [0.25, 0.3) is 0 Å². The van der Waals surface area contributed by atoms with E-state index in [4.69, 9.17) is 11.6 Å². The third kappa shape index (κ3) is 3.18. The maximum Gasteiger partial charge on any atom is 0.0549 e. The van der Waals surface area contributed by atoms with Crippen molar-refractivity contribution in [2.24, 2.45) is 0 Å². The second kappa shape index (κ2) is 5.62. The summed E-state index contributed by atoms with van der Waals surface area (Å²) in [6.07, 6.45) is 2.27. The highest BCUT2D eigenvalue weighted by molar-refractivity contribution is 9.10. The highest BCUT2D eigenvalue weighted by Gasteiger charge is 2.04. The van der Waals surface area contributed by atoms with E-state index in [1.165, 1.54) is 0 Å². The van der Waals surface area contributed by atoms with Crippen LogP contribution in [-0.2, 0) is 0 Å². The largest absolute Gasteiger partial charge is 0.382 e. The Balaban J connectivity index is 2.72. The molecule has 0 fully saturated rings. The van der Waals surface area contributed by atoms with Gasteiger partial charge in [0.15, 0.2) is 0 Å². The molecule has 1 N–H and O–H groups in total. The van der Waals surface area contributed by atoms with Gasteiger partial charge in [0, 0.05) is 16.2 Å². The van der Waals surface area contributed by atoms with E-state index in [-0.39, 0.29) is 0 Å². The zero-order valence-electron chi connectivity index (χ0n) is 8.48. The van der Waals surface area contributed by atoms with E-state index in [0.29, 0.717) is 6.04 Å². The molecule has 0 aromatic heterocycles. The van der Waals surface area contributed by atoms with Crippen molar-refractivity contribution >= 4 is 33.2 Å². The first-order valence-corrected chi connectivity index (χ1v) is 6.06. The van der Waals surface area contributed by atoms with Gasteiger partial charge in [-0.15, -0.1) is 0 Å². The molecule has 0 aliphatic heterocycles. The minimum Gasteiger partial charge on any atom is -0.382 e. The van der Waals surface area contributed by atoms with Crippen molar-refractivity contribution in [3.8, 4) is 0 Å². The minimum absolute atomic E-state index is 0.545. The van der Waals surface area contributed by atoms with Crippen LogP contribution in [0.1, 0.15) is 26.7 Å². The second-order valence-electron chi connectivity index (χ2n) is 3.29. The van der Waals surface area contributed by atoms with Crippen molar-refractivity contribution < 1.29 is 0 Å². The van der Waals surface area contributed by atoms with Gasteiger partial charge in [0.2, 0.25) is 0 Å². The smallest absolute Gasteiger partial charge is 0.0549 e. The quantitative estimate of drug-likeness (QED) is 0.840. The number of anilines is 1. The molecule has 0 spiro atoms. The highest BCUT2D eigenvalue weighted by atomic mass is 79.9. The molecule has 1 nitrogen and oxygen atoms in total. The number of nitrogens with one attached hydrogen (secondary N) is 1. The van der Waals surface area contributed by atoms with Gasteiger partial charge >= 0.3 is 0 Å². The lowest BCUT2D eigenvalue weighted by molar-refractivity contribution is 0.672. The Kier molecular flexibility index (Phi) is 4.76. The highest BCUT2D eigenvalue weighted by Crippen LogP contribution is 2.26. The molecule has 78 valence electrons. The Labute approximate surface area is 99.0 Å². The van der Waals surface area contributed by atoms with Crippen molar-refractivity contribution in [1.82, 2.24) is 0 Å². The van der Waals surface area contributed by atoms with Crippen molar-refractivity contribution in [2.75, 3.05) is 5.32 Å². The number of halogens is 2.